The number of ether oxygens (including phenoxy) is 1. The number of carbonyl (C=O) groups is 4. The summed E-state index contributed by atoms with van der Waals surface area (Å²) in [6.07, 6.45) is 4.37. The molecule has 0 unspecified atom stereocenters. The molecule has 3 rings (SSSR count). The van der Waals surface area contributed by atoms with Gasteiger partial charge in [-0.15, -0.1) is 0 Å². The van der Waals surface area contributed by atoms with E-state index in [-0.39, 0.29) is 37.0 Å². The van der Waals surface area contributed by atoms with Crippen molar-refractivity contribution in [1.29, 1.82) is 0 Å². The molecule has 2 heterocycles. The Morgan fingerprint density at radius 1 is 1.07 bits per heavy atom. The van der Waals surface area contributed by atoms with E-state index in [1.807, 2.05) is 13.8 Å². The van der Waals surface area contributed by atoms with Crippen molar-refractivity contribution in [1.82, 2.24) is 10.2 Å². The standard InChI is InChI=1S/C22H29N3O5/c1-15-5-3-6-16(2)25(15)20(27)14-30-21(28)13-23-22(29)17-8-10-18(11-9-17)24-12-4-7-19(24)26/h8-11,15-16H,3-7,12-14H2,1-2H3,(H,23,29)/t15-,16-/m0/s1. The van der Waals surface area contributed by atoms with Gasteiger partial charge >= 0.3 is 5.97 Å². The van der Waals surface area contributed by atoms with Crippen molar-refractivity contribution < 1.29 is 23.9 Å². The van der Waals surface area contributed by atoms with E-state index >= 15 is 0 Å². The molecule has 2 aliphatic rings. The number of amides is 3. The van der Waals surface area contributed by atoms with Gasteiger partial charge in [0.05, 0.1) is 0 Å². The highest BCUT2D eigenvalue weighted by atomic mass is 16.5. The summed E-state index contributed by atoms with van der Waals surface area (Å²) >= 11 is 0. The second kappa shape index (κ2) is 9.73. The monoisotopic (exact) mass is 415 g/mol. The van der Waals surface area contributed by atoms with Crippen LogP contribution in [-0.4, -0.2) is 60.4 Å². The molecule has 1 N–H and O–H groups in total. The van der Waals surface area contributed by atoms with Crippen LogP contribution in [0.2, 0.25) is 0 Å². The third kappa shape index (κ3) is 5.17. The minimum absolute atomic E-state index is 0.0813. The average Bonchev–Trinajstić information content (AvgIpc) is 3.16. The van der Waals surface area contributed by atoms with Crippen LogP contribution in [0.15, 0.2) is 24.3 Å². The maximum absolute atomic E-state index is 12.4. The molecule has 0 spiro atoms. The highest BCUT2D eigenvalue weighted by molar-refractivity contribution is 5.98. The van der Waals surface area contributed by atoms with E-state index < -0.39 is 11.9 Å². The van der Waals surface area contributed by atoms with Crippen molar-refractivity contribution >= 4 is 29.4 Å². The van der Waals surface area contributed by atoms with Crippen LogP contribution in [0, 0.1) is 0 Å². The maximum atomic E-state index is 12.4. The van der Waals surface area contributed by atoms with Gasteiger partial charge in [-0.25, -0.2) is 0 Å². The summed E-state index contributed by atoms with van der Waals surface area (Å²) in [5.74, 6) is -1.21. The summed E-state index contributed by atoms with van der Waals surface area (Å²) in [6, 6.07) is 6.94. The lowest BCUT2D eigenvalue weighted by Gasteiger charge is -2.38. The summed E-state index contributed by atoms with van der Waals surface area (Å²) in [7, 11) is 0. The van der Waals surface area contributed by atoms with Crippen molar-refractivity contribution in [2.24, 2.45) is 0 Å². The lowest BCUT2D eigenvalue weighted by Crippen LogP contribution is -2.49. The molecule has 2 aliphatic heterocycles. The van der Waals surface area contributed by atoms with Crippen molar-refractivity contribution in [3.05, 3.63) is 29.8 Å². The Labute approximate surface area is 176 Å². The molecule has 3 amide bonds. The number of nitrogens with one attached hydrogen (secondary N) is 1. The van der Waals surface area contributed by atoms with Crippen LogP contribution in [0.25, 0.3) is 0 Å². The largest absolute Gasteiger partial charge is 0.454 e. The molecule has 1 aromatic rings. The fraction of sp³-hybridized carbons (Fsp3) is 0.545. The third-order valence-corrected chi connectivity index (χ3v) is 5.75. The van der Waals surface area contributed by atoms with E-state index in [2.05, 4.69) is 5.32 Å². The molecular weight excluding hydrogens is 386 g/mol. The minimum atomic E-state index is -0.659. The molecular formula is C22H29N3O5. The van der Waals surface area contributed by atoms with Crippen LogP contribution in [0.4, 0.5) is 5.69 Å². The number of carbonyl (C=O) groups excluding carboxylic acids is 4. The van der Waals surface area contributed by atoms with Gasteiger partial charge in [-0.3, -0.25) is 19.2 Å². The summed E-state index contributed by atoms with van der Waals surface area (Å²) in [5, 5.41) is 2.50. The number of hydrogen-bond donors (Lipinski definition) is 1. The molecule has 0 bridgehead atoms. The van der Waals surface area contributed by atoms with Gasteiger partial charge in [0.1, 0.15) is 6.54 Å². The zero-order chi connectivity index (χ0) is 21.7. The number of rotatable bonds is 6. The topological polar surface area (TPSA) is 96.0 Å². The summed E-state index contributed by atoms with van der Waals surface area (Å²) in [5.41, 5.74) is 1.14. The SMILES string of the molecule is C[C@H]1CCC[C@H](C)N1C(=O)COC(=O)CNC(=O)c1ccc(N2CCCC2=O)cc1. The van der Waals surface area contributed by atoms with E-state index in [1.54, 1.807) is 34.1 Å². The molecule has 30 heavy (non-hydrogen) atoms. The first-order valence-electron chi connectivity index (χ1n) is 10.5. The highest BCUT2D eigenvalue weighted by Gasteiger charge is 2.29. The van der Waals surface area contributed by atoms with Crippen LogP contribution >= 0.6 is 0 Å². The Bertz CT molecular complexity index is 797. The maximum Gasteiger partial charge on any atom is 0.325 e. The third-order valence-electron chi connectivity index (χ3n) is 5.75. The van der Waals surface area contributed by atoms with Crippen molar-refractivity contribution in [3.8, 4) is 0 Å². The first-order valence-corrected chi connectivity index (χ1v) is 10.5. The number of esters is 1. The second-order valence-corrected chi connectivity index (χ2v) is 7.97. The van der Waals surface area contributed by atoms with E-state index in [1.165, 1.54) is 0 Å². The van der Waals surface area contributed by atoms with Gasteiger partial charge < -0.3 is 19.9 Å². The Kier molecular flexibility index (Phi) is 7.07. The number of hydrogen-bond acceptors (Lipinski definition) is 5. The second-order valence-electron chi connectivity index (χ2n) is 7.97. The molecule has 1 aromatic carbocycles. The molecule has 0 aliphatic carbocycles. The van der Waals surface area contributed by atoms with Crippen LogP contribution in [0.5, 0.6) is 0 Å². The predicted molar refractivity (Wildman–Crippen MR) is 111 cm³/mol. The normalized spacial score (nSPS) is 21.5. The van der Waals surface area contributed by atoms with Gasteiger partial charge in [-0.05, 0) is 63.8 Å². The molecule has 162 valence electrons. The molecule has 2 atom stereocenters. The lowest BCUT2D eigenvalue weighted by molar-refractivity contribution is -0.154. The first kappa shape index (κ1) is 21.8. The van der Waals surface area contributed by atoms with E-state index in [0.29, 0.717) is 18.5 Å². The van der Waals surface area contributed by atoms with Gasteiger partial charge in [-0.1, -0.05) is 0 Å². The van der Waals surface area contributed by atoms with Crippen molar-refractivity contribution in [2.45, 2.75) is 58.0 Å². The van der Waals surface area contributed by atoms with Gasteiger partial charge in [0.25, 0.3) is 11.8 Å². The van der Waals surface area contributed by atoms with Crippen LogP contribution in [0.3, 0.4) is 0 Å². The first-order chi connectivity index (χ1) is 14.4. The Morgan fingerprint density at radius 2 is 1.73 bits per heavy atom. The number of nitrogens with zero attached hydrogens (tertiary/aromatic N) is 2. The molecule has 8 heteroatoms. The molecule has 0 aromatic heterocycles. The number of likely N-dealkylation sites (tertiary alicyclic amines) is 1. The Morgan fingerprint density at radius 3 is 2.33 bits per heavy atom. The Hall–Kier alpha value is -2.90. The zero-order valence-electron chi connectivity index (χ0n) is 17.6. The summed E-state index contributed by atoms with van der Waals surface area (Å²) < 4.78 is 5.05. The summed E-state index contributed by atoms with van der Waals surface area (Å²) in [4.78, 5) is 51.8. The summed E-state index contributed by atoms with van der Waals surface area (Å²) in [6.45, 7) is 4.05. The molecule has 0 radical (unpaired) electrons. The molecule has 2 saturated heterocycles. The van der Waals surface area contributed by atoms with Gasteiger partial charge in [0.15, 0.2) is 6.61 Å². The minimum Gasteiger partial charge on any atom is -0.454 e. The van der Waals surface area contributed by atoms with E-state index in [4.69, 9.17) is 4.74 Å². The highest BCUT2D eigenvalue weighted by Crippen LogP contribution is 2.23. The average molecular weight is 415 g/mol. The molecule has 0 saturated carbocycles. The van der Waals surface area contributed by atoms with Gasteiger partial charge in [0, 0.05) is 36.3 Å². The zero-order valence-corrected chi connectivity index (χ0v) is 17.6. The number of piperidine rings is 1. The fourth-order valence-corrected chi connectivity index (χ4v) is 4.15. The van der Waals surface area contributed by atoms with Gasteiger partial charge in [0.2, 0.25) is 5.91 Å². The fourth-order valence-electron chi connectivity index (χ4n) is 4.15. The van der Waals surface area contributed by atoms with Crippen LogP contribution < -0.4 is 10.2 Å². The predicted octanol–water partition coefficient (Wildman–Crippen LogP) is 1.88. The number of benzene rings is 1. The van der Waals surface area contributed by atoms with Crippen molar-refractivity contribution in [2.75, 3.05) is 24.6 Å². The van der Waals surface area contributed by atoms with Crippen LogP contribution in [-0.2, 0) is 19.1 Å². The smallest absolute Gasteiger partial charge is 0.325 e. The molecule has 8 nitrogen and oxygen atoms in total. The van der Waals surface area contributed by atoms with Crippen LogP contribution in [0.1, 0.15) is 56.3 Å². The number of anilines is 1. The Balaban J connectivity index is 1.43. The molecule has 2 fully saturated rings. The quantitative estimate of drug-likeness (QED) is 0.716. The van der Waals surface area contributed by atoms with E-state index in [9.17, 15) is 19.2 Å². The van der Waals surface area contributed by atoms with Crippen molar-refractivity contribution in [3.63, 3.8) is 0 Å². The lowest BCUT2D eigenvalue weighted by atomic mass is 9.97. The van der Waals surface area contributed by atoms with E-state index in [0.717, 1.165) is 31.4 Å². The van der Waals surface area contributed by atoms with Gasteiger partial charge in [-0.2, -0.15) is 0 Å².